The molecule has 1 amide bonds. The second-order valence-corrected chi connectivity index (χ2v) is 7.86. The van der Waals surface area contributed by atoms with Gasteiger partial charge in [-0.2, -0.15) is 18.4 Å². The summed E-state index contributed by atoms with van der Waals surface area (Å²) in [4.78, 5) is 23.8. The van der Waals surface area contributed by atoms with Crippen LogP contribution >= 0.6 is 11.6 Å². The molecule has 2 heterocycles. The van der Waals surface area contributed by atoms with Gasteiger partial charge in [-0.3, -0.25) is 4.79 Å². The fourth-order valence-electron chi connectivity index (χ4n) is 3.44. The van der Waals surface area contributed by atoms with E-state index in [0.29, 0.717) is 27.4 Å². The van der Waals surface area contributed by atoms with Crippen LogP contribution in [0.5, 0.6) is 0 Å². The standard InChI is InChI=1S/C22H20ClF3N6O2/c1-11-17(19-14(7-27)8-28-21(32-19)29-10-22(24,25)26)12(2)30-18(11)20(34)31-16(9-33)13-4-3-5-15(23)6-13/h3-6,8,16,30,33H,9-10H2,1-2H3,(H,31,34)(H,28,29,32)/t16-/m1/s1. The molecular weight excluding hydrogens is 473 g/mol. The van der Waals surface area contributed by atoms with Crippen LogP contribution < -0.4 is 10.6 Å². The molecule has 0 bridgehead atoms. The Morgan fingerprint density at radius 1 is 1.35 bits per heavy atom. The number of aromatic amines is 1. The summed E-state index contributed by atoms with van der Waals surface area (Å²) < 4.78 is 37.7. The van der Waals surface area contributed by atoms with E-state index in [4.69, 9.17) is 11.6 Å². The zero-order valence-electron chi connectivity index (χ0n) is 18.1. The molecule has 0 radical (unpaired) electrons. The number of benzene rings is 1. The number of aliphatic hydroxyl groups excluding tert-OH is 1. The lowest BCUT2D eigenvalue weighted by Gasteiger charge is -2.17. The molecule has 2 aromatic heterocycles. The number of amides is 1. The minimum atomic E-state index is -4.48. The molecule has 0 aliphatic rings. The lowest BCUT2D eigenvalue weighted by Crippen LogP contribution is -2.31. The molecule has 0 aliphatic heterocycles. The number of aliphatic hydroxyl groups is 1. The number of alkyl halides is 3. The highest BCUT2D eigenvalue weighted by atomic mass is 35.5. The Balaban J connectivity index is 1.94. The Morgan fingerprint density at radius 2 is 2.09 bits per heavy atom. The van der Waals surface area contributed by atoms with Gasteiger partial charge in [-0.15, -0.1) is 0 Å². The largest absolute Gasteiger partial charge is 0.405 e. The van der Waals surface area contributed by atoms with Crippen molar-refractivity contribution in [2.45, 2.75) is 26.1 Å². The summed E-state index contributed by atoms with van der Waals surface area (Å²) in [5.74, 6) is -0.840. The third-order valence-corrected chi connectivity index (χ3v) is 5.23. The summed E-state index contributed by atoms with van der Waals surface area (Å²) in [7, 11) is 0. The van der Waals surface area contributed by atoms with E-state index in [1.54, 1.807) is 38.1 Å². The van der Waals surface area contributed by atoms with E-state index in [0.717, 1.165) is 6.20 Å². The third kappa shape index (κ3) is 5.65. The van der Waals surface area contributed by atoms with Crippen molar-refractivity contribution in [1.29, 1.82) is 5.26 Å². The maximum Gasteiger partial charge on any atom is 0.405 e. The van der Waals surface area contributed by atoms with Crippen LogP contribution in [0.1, 0.15) is 38.9 Å². The third-order valence-electron chi connectivity index (χ3n) is 5.00. The van der Waals surface area contributed by atoms with Gasteiger partial charge in [0.25, 0.3) is 5.91 Å². The van der Waals surface area contributed by atoms with E-state index >= 15 is 0 Å². The Hall–Kier alpha value is -3.62. The van der Waals surface area contributed by atoms with Crippen molar-refractivity contribution < 1.29 is 23.1 Å². The Kier molecular flexibility index (Phi) is 7.44. The molecule has 12 heteroatoms. The minimum Gasteiger partial charge on any atom is -0.394 e. The molecule has 0 saturated carbocycles. The molecule has 3 aromatic rings. The molecule has 34 heavy (non-hydrogen) atoms. The minimum absolute atomic E-state index is 0.0295. The quantitative estimate of drug-likeness (QED) is 0.394. The van der Waals surface area contributed by atoms with Gasteiger partial charge in [0.1, 0.15) is 18.3 Å². The van der Waals surface area contributed by atoms with Gasteiger partial charge in [-0.25, -0.2) is 9.97 Å². The van der Waals surface area contributed by atoms with Crippen molar-refractivity contribution in [2.75, 3.05) is 18.5 Å². The number of nitrogens with one attached hydrogen (secondary N) is 3. The molecule has 0 aliphatic carbocycles. The second-order valence-electron chi connectivity index (χ2n) is 7.43. The van der Waals surface area contributed by atoms with Crippen LogP contribution in [0.25, 0.3) is 11.3 Å². The highest BCUT2D eigenvalue weighted by molar-refractivity contribution is 6.30. The van der Waals surface area contributed by atoms with Crippen LogP contribution in [0.4, 0.5) is 19.1 Å². The first-order valence-corrected chi connectivity index (χ1v) is 10.4. The van der Waals surface area contributed by atoms with E-state index < -0.39 is 24.7 Å². The van der Waals surface area contributed by atoms with E-state index in [2.05, 4.69) is 25.6 Å². The number of H-pyrrole nitrogens is 1. The first-order valence-electron chi connectivity index (χ1n) is 9.98. The van der Waals surface area contributed by atoms with Crippen molar-refractivity contribution in [3.63, 3.8) is 0 Å². The van der Waals surface area contributed by atoms with Crippen LogP contribution in [0.3, 0.4) is 0 Å². The number of nitrogens with zero attached hydrogens (tertiary/aromatic N) is 3. The summed E-state index contributed by atoms with van der Waals surface area (Å²) in [6.45, 7) is 1.54. The number of nitriles is 1. The number of hydrogen-bond donors (Lipinski definition) is 4. The molecular formula is C22H20ClF3N6O2. The molecule has 4 N–H and O–H groups in total. The zero-order valence-corrected chi connectivity index (χ0v) is 18.8. The molecule has 1 aromatic carbocycles. The zero-order chi connectivity index (χ0) is 25.0. The molecule has 0 spiro atoms. The van der Waals surface area contributed by atoms with Gasteiger partial charge in [0.2, 0.25) is 5.95 Å². The van der Waals surface area contributed by atoms with E-state index in [1.807, 2.05) is 6.07 Å². The number of halogens is 4. The lowest BCUT2D eigenvalue weighted by molar-refractivity contribution is -0.115. The molecule has 0 saturated heterocycles. The van der Waals surface area contributed by atoms with Gasteiger partial charge in [0.15, 0.2) is 0 Å². The predicted octanol–water partition coefficient (Wildman–Crippen LogP) is 4.05. The number of aryl methyl sites for hydroxylation is 1. The smallest absolute Gasteiger partial charge is 0.394 e. The first kappa shape index (κ1) is 25.0. The molecule has 0 fully saturated rings. The summed E-state index contributed by atoms with van der Waals surface area (Å²) >= 11 is 6.00. The van der Waals surface area contributed by atoms with Crippen molar-refractivity contribution in [1.82, 2.24) is 20.3 Å². The molecule has 178 valence electrons. The van der Waals surface area contributed by atoms with E-state index in [9.17, 15) is 28.3 Å². The van der Waals surface area contributed by atoms with Crippen LogP contribution in [-0.4, -0.2) is 45.3 Å². The number of aromatic nitrogens is 3. The lowest BCUT2D eigenvalue weighted by atomic mass is 10.0. The monoisotopic (exact) mass is 492 g/mol. The molecule has 8 nitrogen and oxygen atoms in total. The van der Waals surface area contributed by atoms with Gasteiger partial charge in [-0.05, 0) is 37.1 Å². The van der Waals surface area contributed by atoms with Crippen molar-refractivity contribution in [3.05, 3.63) is 63.6 Å². The van der Waals surface area contributed by atoms with E-state index in [1.165, 1.54) is 0 Å². The van der Waals surface area contributed by atoms with E-state index in [-0.39, 0.29) is 29.5 Å². The van der Waals surface area contributed by atoms with Crippen LogP contribution in [-0.2, 0) is 0 Å². The normalized spacial score (nSPS) is 12.2. The number of carbonyl (C=O) groups is 1. The fourth-order valence-corrected chi connectivity index (χ4v) is 3.64. The topological polar surface area (TPSA) is 127 Å². The Bertz CT molecular complexity index is 1250. The highest BCUT2D eigenvalue weighted by Crippen LogP contribution is 2.31. The van der Waals surface area contributed by atoms with Gasteiger partial charge in [0.05, 0.1) is 30.1 Å². The number of hydrogen-bond acceptors (Lipinski definition) is 6. The number of anilines is 1. The summed E-state index contributed by atoms with van der Waals surface area (Å²) in [6, 6.07) is 7.88. The number of carbonyl (C=O) groups excluding carboxylic acids is 1. The first-order chi connectivity index (χ1) is 16.0. The maximum atomic E-state index is 13.0. The molecule has 1 atom stereocenters. The second kappa shape index (κ2) is 10.1. The summed E-state index contributed by atoms with van der Waals surface area (Å²) in [5.41, 5.74) is 2.16. The highest BCUT2D eigenvalue weighted by Gasteiger charge is 2.28. The summed E-state index contributed by atoms with van der Waals surface area (Å²) in [6.07, 6.45) is -3.36. The fraction of sp³-hybridized carbons (Fsp3) is 0.273. The van der Waals surface area contributed by atoms with Crippen LogP contribution in [0.2, 0.25) is 5.02 Å². The maximum absolute atomic E-state index is 13.0. The van der Waals surface area contributed by atoms with Crippen LogP contribution in [0.15, 0.2) is 30.5 Å². The average Bonchev–Trinajstić information content (AvgIpc) is 3.09. The van der Waals surface area contributed by atoms with Gasteiger partial charge < -0.3 is 20.7 Å². The van der Waals surface area contributed by atoms with Gasteiger partial charge in [-0.1, -0.05) is 23.7 Å². The average molecular weight is 493 g/mol. The van der Waals surface area contributed by atoms with Crippen LogP contribution in [0, 0.1) is 25.2 Å². The molecule has 3 rings (SSSR count). The predicted molar refractivity (Wildman–Crippen MR) is 119 cm³/mol. The SMILES string of the molecule is Cc1[nH]c(C(=O)N[C@H](CO)c2cccc(Cl)c2)c(C)c1-c1nc(NCC(F)(F)F)ncc1C#N. The Morgan fingerprint density at radius 3 is 2.71 bits per heavy atom. The van der Waals surface area contributed by atoms with Gasteiger partial charge in [0, 0.05) is 16.3 Å². The van der Waals surface area contributed by atoms with Crippen molar-refractivity contribution >= 4 is 23.5 Å². The van der Waals surface area contributed by atoms with Gasteiger partial charge >= 0.3 is 6.18 Å². The number of rotatable bonds is 7. The van der Waals surface area contributed by atoms with Crippen molar-refractivity contribution in [3.8, 4) is 17.3 Å². The summed E-state index contributed by atoms with van der Waals surface area (Å²) in [5, 5.41) is 24.5. The molecule has 0 unspecified atom stereocenters. The van der Waals surface area contributed by atoms with Crippen molar-refractivity contribution in [2.24, 2.45) is 0 Å². The Labute approximate surface area is 197 Å².